The topological polar surface area (TPSA) is 54.9 Å². The van der Waals surface area contributed by atoms with E-state index in [2.05, 4.69) is 15.3 Å². The lowest BCUT2D eigenvalue weighted by Gasteiger charge is -2.07. The average Bonchev–Trinajstić information content (AvgIpc) is 2.39. The zero-order chi connectivity index (χ0) is 13.8. The van der Waals surface area contributed by atoms with Crippen molar-refractivity contribution in [3.8, 4) is 0 Å². The number of nitrogens with one attached hydrogen (secondary N) is 1. The minimum Gasteiger partial charge on any atom is -0.346 e. The summed E-state index contributed by atoms with van der Waals surface area (Å²) >= 11 is 0. The van der Waals surface area contributed by atoms with E-state index in [4.69, 9.17) is 0 Å². The molecule has 2 rings (SSSR count). The Morgan fingerprint density at radius 3 is 2.58 bits per heavy atom. The Balaban J connectivity index is 2.03. The highest BCUT2D eigenvalue weighted by Gasteiger charge is 2.06. The van der Waals surface area contributed by atoms with Crippen LogP contribution in [0.25, 0.3) is 0 Å². The van der Waals surface area contributed by atoms with Gasteiger partial charge < -0.3 is 5.32 Å². The van der Waals surface area contributed by atoms with E-state index in [-0.39, 0.29) is 5.91 Å². The van der Waals surface area contributed by atoms with Gasteiger partial charge in [0.25, 0.3) is 5.91 Å². The molecule has 98 valence electrons. The van der Waals surface area contributed by atoms with Gasteiger partial charge >= 0.3 is 0 Å². The number of nitrogens with zero attached hydrogens (tertiary/aromatic N) is 2. The van der Waals surface area contributed by atoms with E-state index < -0.39 is 0 Å². The molecule has 1 aromatic heterocycles. The molecule has 4 heteroatoms. The highest BCUT2D eigenvalue weighted by molar-refractivity contribution is 5.94. The van der Waals surface area contributed by atoms with Crippen molar-refractivity contribution < 1.29 is 4.79 Å². The summed E-state index contributed by atoms with van der Waals surface area (Å²) in [6.45, 7) is 6.34. The SMILES string of the molecule is Cc1cc(CNC(=O)c2ccc(C)c(C)c2)ncn1. The lowest BCUT2D eigenvalue weighted by molar-refractivity contribution is 0.0950. The van der Waals surface area contributed by atoms with Crippen LogP contribution in [0, 0.1) is 20.8 Å². The molecule has 0 unspecified atom stereocenters. The van der Waals surface area contributed by atoms with Crippen LogP contribution in [-0.4, -0.2) is 15.9 Å². The number of benzene rings is 1. The van der Waals surface area contributed by atoms with Gasteiger partial charge in [0.05, 0.1) is 12.2 Å². The minimum atomic E-state index is -0.0839. The maximum atomic E-state index is 12.0. The van der Waals surface area contributed by atoms with Crippen LogP contribution >= 0.6 is 0 Å². The van der Waals surface area contributed by atoms with Crippen LogP contribution in [0.4, 0.5) is 0 Å². The van der Waals surface area contributed by atoms with E-state index in [1.165, 1.54) is 11.9 Å². The number of rotatable bonds is 3. The van der Waals surface area contributed by atoms with Gasteiger partial charge in [-0.25, -0.2) is 9.97 Å². The molecule has 0 bridgehead atoms. The van der Waals surface area contributed by atoms with Crippen molar-refractivity contribution in [2.24, 2.45) is 0 Å². The maximum absolute atomic E-state index is 12.0. The normalized spacial score (nSPS) is 10.3. The van der Waals surface area contributed by atoms with Crippen molar-refractivity contribution >= 4 is 5.91 Å². The Kier molecular flexibility index (Phi) is 3.90. The number of hydrogen-bond acceptors (Lipinski definition) is 3. The third kappa shape index (κ3) is 3.37. The van der Waals surface area contributed by atoms with E-state index in [1.807, 2.05) is 45.0 Å². The van der Waals surface area contributed by atoms with Crippen LogP contribution in [0.5, 0.6) is 0 Å². The van der Waals surface area contributed by atoms with Crippen molar-refractivity contribution in [1.82, 2.24) is 15.3 Å². The van der Waals surface area contributed by atoms with E-state index >= 15 is 0 Å². The third-order valence-corrected chi connectivity index (χ3v) is 3.06. The zero-order valence-corrected chi connectivity index (χ0v) is 11.4. The Hall–Kier alpha value is -2.23. The highest BCUT2D eigenvalue weighted by Crippen LogP contribution is 2.09. The van der Waals surface area contributed by atoms with Crippen molar-refractivity contribution in [2.45, 2.75) is 27.3 Å². The molecule has 0 saturated heterocycles. The Morgan fingerprint density at radius 2 is 1.89 bits per heavy atom. The van der Waals surface area contributed by atoms with Gasteiger partial charge in [-0.2, -0.15) is 0 Å². The molecule has 0 aliphatic rings. The molecule has 4 nitrogen and oxygen atoms in total. The molecule has 1 amide bonds. The maximum Gasteiger partial charge on any atom is 0.251 e. The summed E-state index contributed by atoms with van der Waals surface area (Å²) < 4.78 is 0. The number of carbonyl (C=O) groups is 1. The van der Waals surface area contributed by atoms with Crippen molar-refractivity contribution in [3.63, 3.8) is 0 Å². The number of carbonyl (C=O) groups excluding carboxylic acids is 1. The first-order chi connectivity index (χ1) is 9.06. The third-order valence-electron chi connectivity index (χ3n) is 3.06. The lowest BCUT2D eigenvalue weighted by Crippen LogP contribution is -2.23. The largest absolute Gasteiger partial charge is 0.346 e. The minimum absolute atomic E-state index is 0.0839. The molecule has 0 saturated carbocycles. The standard InChI is InChI=1S/C15H17N3O/c1-10-4-5-13(6-11(10)2)15(19)16-8-14-7-12(3)17-9-18-14/h4-7,9H,8H2,1-3H3,(H,16,19). The summed E-state index contributed by atoms with van der Waals surface area (Å²) in [7, 11) is 0. The Morgan fingerprint density at radius 1 is 1.11 bits per heavy atom. The first-order valence-corrected chi connectivity index (χ1v) is 6.19. The second-order valence-electron chi connectivity index (χ2n) is 4.63. The van der Waals surface area contributed by atoms with Gasteiger partial charge in [0.15, 0.2) is 0 Å². The van der Waals surface area contributed by atoms with Crippen LogP contribution in [0.2, 0.25) is 0 Å². The summed E-state index contributed by atoms with van der Waals surface area (Å²) in [5.74, 6) is -0.0839. The number of amides is 1. The van der Waals surface area contributed by atoms with E-state index in [9.17, 15) is 4.79 Å². The van der Waals surface area contributed by atoms with Crippen LogP contribution in [0.1, 0.15) is 32.9 Å². The van der Waals surface area contributed by atoms with Gasteiger partial charge in [-0.3, -0.25) is 4.79 Å². The first kappa shape index (κ1) is 13.2. The van der Waals surface area contributed by atoms with Gasteiger partial charge in [0.1, 0.15) is 6.33 Å². The summed E-state index contributed by atoms with van der Waals surface area (Å²) in [6.07, 6.45) is 1.51. The van der Waals surface area contributed by atoms with Gasteiger partial charge in [-0.05, 0) is 50.1 Å². The van der Waals surface area contributed by atoms with Gasteiger partial charge in [-0.1, -0.05) is 6.07 Å². The van der Waals surface area contributed by atoms with Crippen LogP contribution in [-0.2, 0) is 6.54 Å². The quantitative estimate of drug-likeness (QED) is 0.915. The fourth-order valence-corrected chi connectivity index (χ4v) is 1.76. The Bertz CT molecular complexity index is 608. The molecule has 0 aliphatic carbocycles. The summed E-state index contributed by atoms with van der Waals surface area (Å²) in [4.78, 5) is 20.1. The van der Waals surface area contributed by atoms with Crippen molar-refractivity contribution in [1.29, 1.82) is 0 Å². The lowest BCUT2D eigenvalue weighted by atomic mass is 10.1. The molecule has 0 spiro atoms. The summed E-state index contributed by atoms with van der Waals surface area (Å²) in [5, 5.41) is 2.86. The zero-order valence-electron chi connectivity index (χ0n) is 11.4. The molecule has 0 radical (unpaired) electrons. The van der Waals surface area contributed by atoms with E-state index in [0.29, 0.717) is 12.1 Å². The second-order valence-corrected chi connectivity index (χ2v) is 4.63. The molecular weight excluding hydrogens is 238 g/mol. The fourth-order valence-electron chi connectivity index (χ4n) is 1.76. The van der Waals surface area contributed by atoms with Gasteiger partial charge in [0.2, 0.25) is 0 Å². The fraction of sp³-hybridized carbons (Fsp3) is 0.267. The summed E-state index contributed by atoms with van der Waals surface area (Å²) in [6, 6.07) is 7.55. The predicted molar refractivity (Wildman–Crippen MR) is 73.9 cm³/mol. The first-order valence-electron chi connectivity index (χ1n) is 6.19. The van der Waals surface area contributed by atoms with Crippen molar-refractivity contribution in [3.05, 3.63) is 58.7 Å². The molecule has 0 aliphatic heterocycles. The van der Waals surface area contributed by atoms with Gasteiger partial charge in [0, 0.05) is 11.3 Å². The molecule has 2 aromatic rings. The van der Waals surface area contributed by atoms with E-state index in [1.54, 1.807) is 0 Å². The predicted octanol–water partition coefficient (Wildman–Crippen LogP) is 2.33. The van der Waals surface area contributed by atoms with E-state index in [0.717, 1.165) is 17.0 Å². The number of aromatic nitrogens is 2. The molecular formula is C15H17N3O. The molecule has 0 fully saturated rings. The Labute approximate surface area is 112 Å². The average molecular weight is 255 g/mol. The molecule has 1 N–H and O–H groups in total. The highest BCUT2D eigenvalue weighted by atomic mass is 16.1. The van der Waals surface area contributed by atoms with Crippen LogP contribution in [0.3, 0.4) is 0 Å². The number of aryl methyl sites for hydroxylation is 3. The molecule has 1 aromatic carbocycles. The van der Waals surface area contributed by atoms with Crippen LogP contribution in [0.15, 0.2) is 30.6 Å². The molecule has 19 heavy (non-hydrogen) atoms. The summed E-state index contributed by atoms with van der Waals surface area (Å²) in [5.41, 5.74) is 4.68. The molecule has 0 atom stereocenters. The van der Waals surface area contributed by atoms with Crippen LogP contribution < -0.4 is 5.32 Å². The van der Waals surface area contributed by atoms with Gasteiger partial charge in [-0.15, -0.1) is 0 Å². The van der Waals surface area contributed by atoms with Crippen molar-refractivity contribution in [2.75, 3.05) is 0 Å². The second kappa shape index (κ2) is 5.61. The smallest absolute Gasteiger partial charge is 0.251 e. The number of hydrogen-bond donors (Lipinski definition) is 1. The monoisotopic (exact) mass is 255 g/mol. The molecule has 1 heterocycles.